The van der Waals surface area contributed by atoms with Crippen LogP contribution in [-0.4, -0.2) is 47.7 Å². The summed E-state index contributed by atoms with van der Waals surface area (Å²) in [5, 5.41) is 10.1. The number of hydrogen-bond acceptors (Lipinski definition) is 4. The lowest BCUT2D eigenvalue weighted by atomic mass is 10.1. The highest BCUT2D eigenvalue weighted by molar-refractivity contribution is 6.21. The fourth-order valence-electron chi connectivity index (χ4n) is 3.93. The van der Waals surface area contributed by atoms with Crippen molar-refractivity contribution in [3.05, 3.63) is 35.4 Å². The van der Waals surface area contributed by atoms with Crippen molar-refractivity contribution in [2.24, 2.45) is 0 Å². The number of benzene rings is 1. The number of unbranched alkanes of at least 4 members (excludes halogenated alkanes) is 11. The number of hydrogen-bond donors (Lipinski definition) is 1. The summed E-state index contributed by atoms with van der Waals surface area (Å²) in [6.07, 6.45) is 14.7. The molecule has 30 heavy (non-hydrogen) atoms. The lowest BCUT2D eigenvalue weighted by Crippen LogP contribution is -2.38. The van der Waals surface area contributed by atoms with Gasteiger partial charge in [-0.25, -0.2) is 0 Å². The van der Waals surface area contributed by atoms with Gasteiger partial charge >= 0.3 is 0 Å². The summed E-state index contributed by atoms with van der Waals surface area (Å²) in [4.78, 5) is 25.7. The van der Waals surface area contributed by atoms with E-state index in [-0.39, 0.29) is 25.0 Å². The van der Waals surface area contributed by atoms with E-state index in [2.05, 4.69) is 6.92 Å². The molecule has 1 aromatic rings. The van der Waals surface area contributed by atoms with Crippen LogP contribution < -0.4 is 0 Å². The monoisotopic (exact) mass is 417 g/mol. The molecule has 5 heteroatoms. The number of aliphatic hydroxyl groups is 1. The molecule has 168 valence electrons. The molecular weight excluding hydrogens is 378 g/mol. The van der Waals surface area contributed by atoms with Crippen LogP contribution in [0.25, 0.3) is 0 Å². The van der Waals surface area contributed by atoms with Gasteiger partial charge in [0.2, 0.25) is 0 Å². The van der Waals surface area contributed by atoms with Gasteiger partial charge in [-0.15, -0.1) is 0 Å². The molecule has 0 spiro atoms. The average Bonchev–Trinajstić information content (AvgIpc) is 2.99. The second-order valence-corrected chi connectivity index (χ2v) is 8.38. The minimum absolute atomic E-state index is 0.0230. The number of carbonyl (C=O) groups is 2. The van der Waals surface area contributed by atoms with E-state index in [4.69, 9.17) is 4.74 Å². The molecule has 1 aliphatic rings. The standard InChI is InChI=1S/C25H39NO4/c1-2-3-4-5-6-7-8-9-10-11-12-15-18-30-20-21(27)19-26-24(28)22-16-13-14-17-23(22)25(26)29/h13-14,16-17,21,27H,2-12,15,18-20H2,1H3. The molecule has 0 aromatic heterocycles. The average molecular weight is 418 g/mol. The maximum absolute atomic E-state index is 12.3. The molecule has 2 rings (SSSR count). The molecular formula is C25H39NO4. The first-order chi connectivity index (χ1) is 14.6. The molecule has 0 radical (unpaired) electrons. The molecule has 0 saturated heterocycles. The van der Waals surface area contributed by atoms with Crippen LogP contribution in [0.1, 0.15) is 105 Å². The van der Waals surface area contributed by atoms with Gasteiger partial charge in [-0.3, -0.25) is 14.5 Å². The number of nitrogens with zero attached hydrogens (tertiary/aromatic N) is 1. The van der Waals surface area contributed by atoms with Gasteiger partial charge in [-0.1, -0.05) is 89.7 Å². The van der Waals surface area contributed by atoms with Gasteiger partial charge in [-0.2, -0.15) is 0 Å². The first-order valence-corrected chi connectivity index (χ1v) is 11.9. The van der Waals surface area contributed by atoms with Crippen molar-refractivity contribution in [2.45, 2.75) is 90.1 Å². The van der Waals surface area contributed by atoms with Crippen LogP contribution in [0.4, 0.5) is 0 Å². The number of fused-ring (bicyclic) bond motifs is 1. The maximum Gasteiger partial charge on any atom is 0.261 e. The molecule has 2 amide bonds. The fourth-order valence-corrected chi connectivity index (χ4v) is 3.93. The summed E-state index contributed by atoms with van der Waals surface area (Å²) in [7, 11) is 0. The fraction of sp³-hybridized carbons (Fsp3) is 0.680. The Bertz CT molecular complexity index is 611. The van der Waals surface area contributed by atoms with Gasteiger partial charge in [0, 0.05) is 6.61 Å². The minimum atomic E-state index is -0.857. The molecule has 1 heterocycles. The predicted molar refractivity (Wildman–Crippen MR) is 120 cm³/mol. The van der Waals surface area contributed by atoms with Gasteiger partial charge in [0.1, 0.15) is 0 Å². The molecule has 1 unspecified atom stereocenters. The molecule has 0 fully saturated rings. The predicted octanol–water partition coefficient (Wildman–Crippen LogP) is 5.36. The Kier molecular flexibility index (Phi) is 11.7. The van der Waals surface area contributed by atoms with Crippen LogP contribution in [0.15, 0.2) is 24.3 Å². The highest BCUT2D eigenvalue weighted by Gasteiger charge is 2.36. The quantitative estimate of drug-likeness (QED) is 0.274. The number of rotatable bonds is 17. The summed E-state index contributed by atoms with van der Waals surface area (Å²) < 4.78 is 5.55. The summed E-state index contributed by atoms with van der Waals surface area (Å²) in [6, 6.07) is 6.77. The molecule has 1 atom stereocenters. The second kappa shape index (κ2) is 14.3. The number of ether oxygens (including phenoxy) is 1. The third kappa shape index (κ3) is 8.19. The lowest BCUT2D eigenvalue weighted by Gasteiger charge is -2.18. The number of amides is 2. The van der Waals surface area contributed by atoms with Crippen molar-refractivity contribution >= 4 is 11.8 Å². The van der Waals surface area contributed by atoms with Crippen LogP contribution in [-0.2, 0) is 4.74 Å². The number of β-amino-alcohol motifs (C(OH)–C–C–N with tert-alkyl or cyclic N) is 1. The maximum atomic E-state index is 12.3. The van der Waals surface area contributed by atoms with Gasteiger partial charge < -0.3 is 9.84 Å². The minimum Gasteiger partial charge on any atom is -0.389 e. The van der Waals surface area contributed by atoms with Crippen molar-refractivity contribution in [3.8, 4) is 0 Å². The van der Waals surface area contributed by atoms with Crippen LogP contribution in [0.5, 0.6) is 0 Å². The zero-order valence-corrected chi connectivity index (χ0v) is 18.6. The summed E-state index contributed by atoms with van der Waals surface area (Å²) in [5.74, 6) is -0.675. The zero-order chi connectivity index (χ0) is 21.6. The Labute approximate surface area is 181 Å². The highest BCUT2D eigenvalue weighted by atomic mass is 16.5. The number of carbonyl (C=O) groups excluding carboxylic acids is 2. The van der Waals surface area contributed by atoms with Gasteiger partial charge in [-0.05, 0) is 18.6 Å². The van der Waals surface area contributed by atoms with Crippen molar-refractivity contribution in [2.75, 3.05) is 19.8 Å². The third-order valence-corrected chi connectivity index (χ3v) is 5.72. The Hall–Kier alpha value is -1.72. The summed E-state index contributed by atoms with van der Waals surface area (Å²) in [6.45, 7) is 2.98. The van der Waals surface area contributed by atoms with E-state index >= 15 is 0 Å². The van der Waals surface area contributed by atoms with Gasteiger partial charge in [0.05, 0.1) is 30.4 Å². The molecule has 0 bridgehead atoms. The Morgan fingerprint density at radius 1 is 0.800 bits per heavy atom. The lowest BCUT2D eigenvalue weighted by molar-refractivity contribution is 0.0166. The molecule has 0 aliphatic carbocycles. The third-order valence-electron chi connectivity index (χ3n) is 5.72. The largest absolute Gasteiger partial charge is 0.389 e. The molecule has 5 nitrogen and oxygen atoms in total. The van der Waals surface area contributed by atoms with Crippen molar-refractivity contribution in [1.29, 1.82) is 0 Å². The van der Waals surface area contributed by atoms with Crippen LogP contribution in [0.2, 0.25) is 0 Å². The normalized spacial score (nSPS) is 14.4. The first kappa shape index (κ1) is 24.5. The topological polar surface area (TPSA) is 66.8 Å². The van der Waals surface area contributed by atoms with E-state index < -0.39 is 6.10 Å². The zero-order valence-electron chi connectivity index (χ0n) is 18.6. The van der Waals surface area contributed by atoms with E-state index in [9.17, 15) is 14.7 Å². The van der Waals surface area contributed by atoms with E-state index in [0.29, 0.717) is 17.7 Å². The SMILES string of the molecule is CCCCCCCCCCCCCCOCC(O)CN1C(=O)c2ccccc2C1=O. The Morgan fingerprint density at radius 3 is 1.77 bits per heavy atom. The van der Waals surface area contributed by atoms with E-state index in [1.807, 2.05) is 0 Å². The van der Waals surface area contributed by atoms with Gasteiger partial charge in [0.25, 0.3) is 11.8 Å². The second-order valence-electron chi connectivity index (χ2n) is 8.38. The smallest absolute Gasteiger partial charge is 0.261 e. The van der Waals surface area contributed by atoms with Crippen LogP contribution >= 0.6 is 0 Å². The number of aliphatic hydroxyl groups excluding tert-OH is 1. The van der Waals surface area contributed by atoms with E-state index in [1.165, 1.54) is 64.2 Å². The van der Waals surface area contributed by atoms with E-state index in [1.54, 1.807) is 24.3 Å². The molecule has 0 saturated carbocycles. The van der Waals surface area contributed by atoms with Crippen molar-refractivity contribution in [1.82, 2.24) is 4.90 Å². The molecule has 1 aromatic carbocycles. The Morgan fingerprint density at radius 2 is 1.27 bits per heavy atom. The van der Waals surface area contributed by atoms with Gasteiger partial charge in [0.15, 0.2) is 0 Å². The molecule has 1 N–H and O–H groups in total. The van der Waals surface area contributed by atoms with Crippen molar-refractivity contribution < 1.29 is 19.4 Å². The molecule has 1 aliphatic heterocycles. The van der Waals surface area contributed by atoms with Crippen LogP contribution in [0, 0.1) is 0 Å². The van der Waals surface area contributed by atoms with Crippen molar-refractivity contribution in [3.63, 3.8) is 0 Å². The van der Waals surface area contributed by atoms with E-state index in [0.717, 1.165) is 17.7 Å². The van der Waals surface area contributed by atoms with Crippen LogP contribution in [0.3, 0.4) is 0 Å². The highest BCUT2D eigenvalue weighted by Crippen LogP contribution is 2.22. The summed E-state index contributed by atoms with van der Waals surface area (Å²) >= 11 is 0. The summed E-state index contributed by atoms with van der Waals surface area (Å²) in [5.41, 5.74) is 0.819. The first-order valence-electron chi connectivity index (χ1n) is 11.9. The Balaban J connectivity index is 1.44. The number of imide groups is 1.